The van der Waals surface area contributed by atoms with Gasteiger partial charge in [-0.05, 0) is 61.6 Å². The van der Waals surface area contributed by atoms with Crippen molar-refractivity contribution in [3.05, 3.63) is 71.8 Å². The summed E-state index contributed by atoms with van der Waals surface area (Å²) in [5, 5.41) is 13.8. The van der Waals surface area contributed by atoms with E-state index in [0.717, 1.165) is 34.4 Å². The Labute approximate surface area is 190 Å². The first kappa shape index (κ1) is 21.8. The fraction of sp³-hybridized carbons (Fsp3) is 0.167. The molecule has 2 aromatic heterocycles. The molecule has 8 heteroatoms. The number of rotatable bonds is 7. The van der Waals surface area contributed by atoms with Gasteiger partial charge in [0.25, 0.3) is 0 Å². The third kappa shape index (κ3) is 4.90. The summed E-state index contributed by atoms with van der Waals surface area (Å²) in [7, 11) is 3.97. The summed E-state index contributed by atoms with van der Waals surface area (Å²) in [6.07, 6.45) is 3.42. The van der Waals surface area contributed by atoms with E-state index in [1.165, 1.54) is 12.1 Å². The lowest BCUT2D eigenvalue weighted by atomic mass is 10.0. The number of aromatic hydroxyl groups is 1. The minimum Gasteiger partial charge on any atom is -0.504 e. The molecular formula is C24H22ClFN4O2. The first-order valence-corrected chi connectivity index (χ1v) is 10.4. The van der Waals surface area contributed by atoms with Crippen molar-refractivity contribution >= 4 is 33.9 Å². The van der Waals surface area contributed by atoms with E-state index in [4.69, 9.17) is 16.3 Å². The smallest absolute Gasteiger partial charge is 0.213 e. The highest BCUT2D eigenvalue weighted by Gasteiger charge is 2.11. The molecule has 0 saturated heterocycles. The Kier molecular flexibility index (Phi) is 6.39. The van der Waals surface area contributed by atoms with E-state index >= 15 is 0 Å². The maximum absolute atomic E-state index is 14.0. The molecule has 0 aliphatic heterocycles. The van der Waals surface area contributed by atoms with Crippen molar-refractivity contribution < 1.29 is 14.2 Å². The van der Waals surface area contributed by atoms with E-state index in [1.54, 1.807) is 12.4 Å². The van der Waals surface area contributed by atoms with Crippen LogP contribution in [0.2, 0.25) is 5.02 Å². The molecule has 0 radical (unpaired) electrons. The monoisotopic (exact) mass is 452 g/mol. The highest BCUT2D eigenvalue weighted by molar-refractivity contribution is 6.32. The quantitative estimate of drug-likeness (QED) is 0.387. The van der Waals surface area contributed by atoms with Gasteiger partial charge in [0.15, 0.2) is 11.6 Å². The number of benzene rings is 2. The second-order valence-electron chi connectivity index (χ2n) is 7.54. The molecule has 6 nitrogen and oxygen atoms in total. The number of anilines is 2. The molecule has 0 aliphatic rings. The number of likely N-dealkylation sites (N-methyl/N-ethyl adjacent to an activating group) is 1. The predicted octanol–water partition coefficient (Wildman–Crippen LogP) is 5.48. The molecule has 0 amide bonds. The minimum atomic E-state index is -0.768. The highest BCUT2D eigenvalue weighted by Crippen LogP contribution is 2.35. The van der Waals surface area contributed by atoms with Crippen LogP contribution in [-0.2, 0) is 0 Å². The second-order valence-corrected chi connectivity index (χ2v) is 7.95. The van der Waals surface area contributed by atoms with Crippen LogP contribution in [0.25, 0.3) is 22.0 Å². The molecule has 2 N–H and O–H groups in total. The summed E-state index contributed by atoms with van der Waals surface area (Å²) in [6, 6.07) is 13.9. The molecule has 2 heterocycles. The van der Waals surface area contributed by atoms with Crippen LogP contribution in [0.1, 0.15) is 0 Å². The number of phenolic OH excluding ortho intramolecular Hbond substituents is 1. The molecule has 4 aromatic rings. The van der Waals surface area contributed by atoms with Crippen molar-refractivity contribution in [1.29, 1.82) is 0 Å². The summed E-state index contributed by atoms with van der Waals surface area (Å²) < 4.78 is 19.6. The summed E-state index contributed by atoms with van der Waals surface area (Å²) in [4.78, 5) is 10.8. The molecule has 0 unspecified atom stereocenters. The van der Waals surface area contributed by atoms with Crippen LogP contribution in [0.5, 0.6) is 11.6 Å². The molecule has 0 aliphatic carbocycles. The summed E-state index contributed by atoms with van der Waals surface area (Å²) in [5.41, 5.74) is 3.70. The predicted molar refractivity (Wildman–Crippen MR) is 125 cm³/mol. The molecule has 0 saturated carbocycles. The molecule has 164 valence electrons. The maximum atomic E-state index is 14.0. The van der Waals surface area contributed by atoms with Gasteiger partial charge in [0.05, 0.1) is 22.4 Å². The van der Waals surface area contributed by atoms with Gasteiger partial charge >= 0.3 is 0 Å². The van der Waals surface area contributed by atoms with E-state index in [2.05, 4.69) is 15.3 Å². The molecular weight excluding hydrogens is 431 g/mol. The topological polar surface area (TPSA) is 70.5 Å². The standard InChI is InChI=1S/C24H22ClFN4O2/c1-30(2)9-10-32-23-6-4-17(14-28-23)29-22-7-8-27-21-5-3-15(11-18(21)22)16-12-19(25)24(31)20(26)13-16/h3-8,11-14,31H,9-10H2,1-2H3,(H,27,29). The first-order chi connectivity index (χ1) is 15.4. The van der Waals surface area contributed by atoms with Crippen molar-refractivity contribution in [3.8, 4) is 22.8 Å². The number of hydrogen-bond donors (Lipinski definition) is 2. The number of phenols is 1. The van der Waals surface area contributed by atoms with Crippen molar-refractivity contribution in [3.63, 3.8) is 0 Å². The van der Waals surface area contributed by atoms with Crippen molar-refractivity contribution in [2.75, 3.05) is 32.6 Å². The van der Waals surface area contributed by atoms with Crippen LogP contribution in [0.3, 0.4) is 0 Å². The van der Waals surface area contributed by atoms with Gasteiger partial charge in [-0.15, -0.1) is 0 Å². The molecule has 2 aromatic carbocycles. The maximum Gasteiger partial charge on any atom is 0.213 e. The van der Waals surface area contributed by atoms with Crippen LogP contribution in [0, 0.1) is 5.82 Å². The third-order valence-electron chi connectivity index (χ3n) is 4.90. The van der Waals surface area contributed by atoms with Gasteiger partial charge in [-0.3, -0.25) is 4.98 Å². The number of aromatic nitrogens is 2. The Morgan fingerprint density at radius 2 is 1.91 bits per heavy atom. The fourth-order valence-electron chi connectivity index (χ4n) is 3.19. The third-order valence-corrected chi connectivity index (χ3v) is 5.18. The zero-order valence-electron chi connectivity index (χ0n) is 17.6. The van der Waals surface area contributed by atoms with Gasteiger partial charge in [-0.25, -0.2) is 9.37 Å². The molecule has 0 fully saturated rings. The number of halogens is 2. The van der Waals surface area contributed by atoms with Crippen LogP contribution in [0.4, 0.5) is 15.8 Å². The van der Waals surface area contributed by atoms with E-state index in [1.807, 2.05) is 55.4 Å². The molecule has 4 rings (SSSR count). The Hall–Kier alpha value is -3.42. The lowest BCUT2D eigenvalue weighted by Crippen LogP contribution is -2.19. The van der Waals surface area contributed by atoms with Crippen LogP contribution in [-0.4, -0.2) is 47.2 Å². The number of nitrogens with one attached hydrogen (secondary N) is 1. The molecule has 0 spiro atoms. The second kappa shape index (κ2) is 9.38. The largest absolute Gasteiger partial charge is 0.504 e. The van der Waals surface area contributed by atoms with Crippen LogP contribution in [0.15, 0.2) is 60.9 Å². The lowest BCUT2D eigenvalue weighted by molar-refractivity contribution is 0.254. The van der Waals surface area contributed by atoms with Crippen LogP contribution >= 0.6 is 11.6 Å². The Balaban J connectivity index is 1.60. The summed E-state index contributed by atoms with van der Waals surface area (Å²) >= 11 is 5.95. The number of hydrogen-bond acceptors (Lipinski definition) is 6. The van der Waals surface area contributed by atoms with Gasteiger partial charge in [0, 0.05) is 29.9 Å². The number of pyridine rings is 2. The van der Waals surface area contributed by atoms with Crippen molar-refractivity contribution in [1.82, 2.24) is 14.9 Å². The summed E-state index contributed by atoms with van der Waals surface area (Å²) in [6.45, 7) is 1.37. The minimum absolute atomic E-state index is 0.0383. The molecule has 0 atom stereocenters. The van der Waals surface area contributed by atoms with Gasteiger partial charge < -0.3 is 20.1 Å². The number of nitrogens with zero attached hydrogens (tertiary/aromatic N) is 3. The Morgan fingerprint density at radius 3 is 2.62 bits per heavy atom. The van der Waals surface area contributed by atoms with Gasteiger partial charge in [-0.2, -0.15) is 0 Å². The van der Waals surface area contributed by atoms with Crippen molar-refractivity contribution in [2.45, 2.75) is 0 Å². The van der Waals surface area contributed by atoms with E-state index < -0.39 is 11.6 Å². The van der Waals surface area contributed by atoms with E-state index in [-0.39, 0.29) is 5.02 Å². The van der Waals surface area contributed by atoms with E-state index in [0.29, 0.717) is 18.1 Å². The Morgan fingerprint density at radius 1 is 1.06 bits per heavy atom. The highest BCUT2D eigenvalue weighted by atomic mass is 35.5. The van der Waals surface area contributed by atoms with Crippen LogP contribution < -0.4 is 10.1 Å². The van der Waals surface area contributed by atoms with Gasteiger partial charge in [0.1, 0.15) is 6.61 Å². The summed E-state index contributed by atoms with van der Waals surface area (Å²) in [5.74, 6) is -0.761. The number of fused-ring (bicyclic) bond motifs is 1. The number of ether oxygens (including phenoxy) is 1. The normalized spacial score (nSPS) is 11.2. The molecule has 32 heavy (non-hydrogen) atoms. The first-order valence-electron chi connectivity index (χ1n) is 9.98. The molecule has 0 bridgehead atoms. The average molecular weight is 453 g/mol. The zero-order valence-corrected chi connectivity index (χ0v) is 18.4. The van der Waals surface area contributed by atoms with Gasteiger partial charge in [0.2, 0.25) is 5.88 Å². The zero-order chi connectivity index (χ0) is 22.7. The fourth-order valence-corrected chi connectivity index (χ4v) is 3.40. The lowest BCUT2D eigenvalue weighted by Gasteiger charge is -2.13. The average Bonchev–Trinajstić information content (AvgIpc) is 2.78. The Bertz CT molecular complexity index is 1230. The van der Waals surface area contributed by atoms with E-state index in [9.17, 15) is 9.50 Å². The SMILES string of the molecule is CN(C)CCOc1ccc(Nc2ccnc3ccc(-c4cc(F)c(O)c(Cl)c4)cc23)cn1. The van der Waals surface area contributed by atoms with Gasteiger partial charge in [-0.1, -0.05) is 17.7 Å². The van der Waals surface area contributed by atoms with Crippen molar-refractivity contribution in [2.24, 2.45) is 0 Å².